The maximum atomic E-state index is 6.00. The predicted molar refractivity (Wildman–Crippen MR) is 81.2 cm³/mol. The number of hydrogen-bond donors (Lipinski definition) is 1. The summed E-state index contributed by atoms with van der Waals surface area (Å²) >= 11 is 0. The molecule has 2 fully saturated rings. The molecule has 0 bridgehead atoms. The molecule has 1 saturated heterocycles. The SMILES string of the molecule is CC(N)C1CCN(CC2CCC(C)(C)CC2)C1.Cl. The first kappa shape index (κ1) is 16.3. The Morgan fingerprint density at radius 3 is 2.33 bits per heavy atom. The van der Waals surface area contributed by atoms with Gasteiger partial charge in [0, 0.05) is 19.1 Å². The minimum atomic E-state index is 0. The third-order valence-electron chi connectivity index (χ3n) is 5.03. The molecule has 1 saturated carbocycles. The Labute approximate surface area is 119 Å². The summed E-state index contributed by atoms with van der Waals surface area (Å²) < 4.78 is 0. The Balaban J connectivity index is 0.00000162. The van der Waals surface area contributed by atoms with Crippen LogP contribution in [0, 0.1) is 17.3 Å². The summed E-state index contributed by atoms with van der Waals surface area (Å²) in [4.78, 5) is 2.66. The van der Waals surface area contributed by atoms with Crippen molar-refractivity contribution in [2.24, 2.45) is 23.0 Å². The highest BCUT2D eigenvalue weighted by Crippen LogP contribution is 2.38. The normalized spacial score (nSPS) is 31.0. The van der Waals surface area contributed by atoms with Gasteiger partial charge in [0.25, 0.3) is 0 Å². The zero-order valence-corrected chi connectivity index (χ0v) is 13.1. The van der Waals surface area contributed by atoms with Crippen molar-refractivity contribution in [1.29, 1.82) is 0 Å². The smallest absolute Gasteiger partial charge is 0.00514 e. The Morgan fingerprint density at radius 2 is 1.83 bits per heavy atom. The third-order valence-corrected chi connectivity index (χ3v) is 5.03. The fourth-order valence-electron chi connectivity index (χ4n) is 3.46. The maximum absolute atomic E-state index is 6.00. The van der Waals surface area contributed by atoms with Crippen molar-refractivity contribution >= 4 is 12.4 Å². The molecule has 2 unspecified atom stereocenters. The zero-order chi connectivity index (χ0) is 12.5. The van der Waals surface area contributed by atoms with E-state index in [1.807, 2.05) is 0 Å². The zero-order valence-electron chi connectivity index (χ0n) is 12.3. The Morgan fingerprint density at radius 1 is 1.22 bits per heavy atom. The van der Waals surface area contributed by atoms with Gasteiger partial charge in [-0.1, -0.05) is 13.8 Å². The van der Waals surface area contributed by atoms with Crippen LogP contribution in [0.4, 0.5) is 0 Å². The van der Waals surface area contributed by atoms with Gasteiger partial charge in [0.2, 0.25) is 0 Å². The molecule has 1 aliphatic carbocycles. The molecule has 108 valence electrons. The molecule has 2 rings (SSSR count). The average molecular weight is 275 g/mol. The van der Waals surface area contributed by atoms with Gasteiger partial charge in [0.05, 0.1) is 0 Å². The lowest BCUT2D eigenvalue weighted by molar-refractivity contribution is 0.154. The van der Waals surface area contributed by atoms with Gasteiger partial charge in [-0.3, -0.25) is 0 Å². The molecule has 3 heteroatoms. The lowest BCUT2D eigenvalue weighted by Gasteiger charge is -2.36. The number of halogens is 1. The fraction of sp³-hybridized carbons (Fsp3) is 1.00. The van der Waals surface area contributed by atoms with E-state index in [9.17, 15) is 0 Å². The van der Waals surface area contributed by atoms with Gasteiger partial charge in [-0.05, 0) is 62.8 Å². The summed E-state index contributed by atoms with van der Waals surface area (Å²) in [6, 6.07) is 0.380. The van der Waals surface area contributed by atoms with Crippen molar-refractivity contribution in [3.63, 3.8) is 0 Å². The van der Waals surface area contributed by atoms with Crippen LogP contribution in [0.2, 0.25) is 0 Å². The highest BCUT2D eigenvalue weighted by molar-refractivity contribution is 5.85. The first-order valence-electron chi connectivity index (χ1n) is 7.44. The van der Waals surface area contributed by atoms with Gasteiger partial charge >= 0.3 is 0 Å². The van der Waals surface area contributed by atoms with Crippen LogP contribution in [-0.2, 0) is 0 Å². The quantitative estimate of drug-likeness (QED) is 0.856. The molecule has 2 N–H and O–H groups in total. The summed E-state index contributed by atoms with van der Waals surface area (Å²) in [7, 11) is 0. The van der Waals surface area contributed by atoms with Gasteiger partial charge in [0.1, 0.15) is 0 Å². The van der Waals surface area contributed by atoms with E-state index in [1.165, 1.54) is 51.7 Å². The molecule has 2 aliphatic rings. The summed E-state index contributed by atoms with van der Waals surface area (Å²) in [6.45, 7) is 10.9. The Kier molecular flexibility index (Phi) is 5.95. The minimum Gasteiger partial charge on any atom is -0.328 e. The van der Waals surface area contributed by atoms with E-state index in [4.69, 9.17) is 5.73 Å². The van der Waals surface area contributed by atoms with E-state index in [0.717, 1.165) is 11.8 Å². The molecule has 0 aromatic carbocycles. The van der Waals surface area contributed by atoms with Gasteiger partial charge in [0.15, 0.2) is 0 Å². The van der Waals surface area contributed by atoms with Crippen molar-refractivity contribution in [3.8, 4) is 0 Å². The van der Waals surface area contributed by atoms with Gasteiger partial charge in [-0.25, -0.2) is 0 Å². The number of hydrogen-bond acceptors (Lipinski definition) is 2. The van der Waals surface area contributed by atoms with Crippen LogP contribution in [0.25, 0.3) is 0 Å². The largest absolute Gasteiger partial charge is 0.328 e. The van der Waals surface area contributed by atoms with Gasteiger partial charge in [-0.15, -0.1) is 12.4 Å². The molecule has 18 heavy (non-hydrogen) atoms. The molecule has 2 nitrogen and oxygen atoms in total. The lowest BCUT2D eigenvalue weighted by atomic mass is 9.73. The number of rotatable bonds is 3. The highest BCUT2D eigenvalue weighted by atomic mass is 35.5. The molecule has 0 aromatic heterocycles. The Bertz CT molecular complexity index is 243. The summed E-state index contributed by atoms with van der Waals surface area (Å²) in [5.74, 6) is 1.70. The number of nitrogens with zero attached hydrogens (tertiary/aromatic N) is 1. The predicted octanol–water partition coefficient (Wildman–Crippen LogP) is 3.29. The fourth-order valence-corrected chi connectivity index (χ4v) is 3.46. The van der Waals surface area contributed by atoms with E-state index >= 15 is 0 Å². The van der Waals surface area contributed by atoms with Crippen molar-refractivity contribution in [2.75, 3.05) is 19.6 Å². The highest BCUT2D eigenvalue weighted by Gasteiger charge is 2.30. The third kappa shape index (κ3) is 4.40. The molecule has 1 heterocycles. The number of likely N-dealkylation sites (tertiary alicyclic amines) is 1. The lowest BCUT2D eigenvalue weighted by Crippen LogP contribution is -2.34. The van der Waals surface area contributed by atoms with Gasteiger partial charge in [-0.2, -0.15) is 0 Å². The van der Waals surface area contributed by atoms with Crippen molar-refractivity contribution in [1.82, 2.24) is 4.90 Å². The van der Waals surface area contributed by atoms with Crippen molar-refractivity contribution < 1.29 is 0 Å². The van der Waals surface area contributed by atoms with Gasteiger partial charge < -0.3 is 10.6 Å². The van der Waals surface area contributed by atoms with Crippen LogP contribution in [0.3, 0.4) is 0 Å². The molecule has 0 aromatic rings. The molecular formula is C15H31ClN2. The first-order valence-corrected chi connectivity index (χ1v) is 7.44. The molecule has 2 atom stereocenters. The van der Waals surface area contributed by atoms with Crippen LogP contribution in [0.1, 0.15) is 52.9 Å². The van der Waals surface area contributed by atoms with E-state index in [0.29, 0.717) is 11.5 Å². The van der Waals surface area contributed by atoms with Crippen LogP contribution < -0.4 is 5.73 Å². The first-order chi connectivity index (χ1) is 7.96. The maximum Gasteiger partial charge on any atom is 0.00514 e. The van der Waals surface area contributed by atoms with Crippen LogP contribution in [0.15, 0.2) is 0 Å². The Hall–Kier alpha value is 0.210. The second-order valence-electron chi connectivity index (χ2n) is 7.28. The standard InChI is InChI=1S/C15H30N2.ClH/c1-12(16)14-6-9-17(11-14)10-13-4-7-15(2,3)8-5-13;/h12-14H,4-11,16H2,1-3H3;1H. The monoisotopic (exact) mass is 274 g/mol. The van der Waals surface area contributed by atoms with E-state index in [2.05, 4.69) is 25.7 Å². The van der Waals surface area contributed by atoms with E-state index in [1.54, 1.807) is 0 Å². The molecule has 0 amide bonds. The number of nitrogens with two attached hydrogens (primary N) is 1. The van der Waals surface area contributed by atoms with Crippen molar-refractivity contribution in [3.05, 3.63) is 0 Å². The van der Waals surface area contributed by atoms with Crippen LogP contribution in [0.5, 0.6) is 0 Å². The summed E-state index contributed by atoms with van der Waals surface area (Å²) in [5, 5.41) is 0. The average Bonchev–Trinajstić information content (AvgIpc) is 2.70. The minimum absolute atomic E-state index is 0. The van der Waals surface area contributed by atoms with Crippen LogP contribution >= 0.6 is 12.4 Å². The van der Waals surface area contributed by atoms with E-state index < -0.39 is 0 Å². The van der Waals surface area contributed by atoms with Crippen molar-refractivity contribution in [2.45, 2.75) is 58.9 Å². The van der Waals surface area contributed by atoms with Crippen LogP contribution in [-0.4, -0.2) is 30.6 Å². The molecule has 1 aliphatic heterocycles. The molecular weight excluding hydrogens is 244 g/mol. The summed E-state index contributed by atoms with van der Waals surface area (Å²) in [6.07, 6.45) is 7.03. The van der Waals surface area contributed by atoms with E-state index in [-0.39, 0.29) is 12.4 Å². The second-order valence-corrected chi connectivity index (χ2v) is 7.28. The molecule has 0 spiro atoms. The second kappa shape index (κ2) is 6.58. The molecule has 0 radical (unpaired) electrons. The summed E-state index contributed by atoms with van der Waals surface area (Å²) in [5.41, 5.74) is 6.61. The topological polar surface area (TPSA) is 29.3 Å².